The number of rotatable bonds is 14. The molecule has 0 spiro atoms. The van der Waals surface area contributed by atoms with Crippen LogP contribution in [0.1, 0.15) is 42.0 Å². The Morgan fingerprint density at radius 1 is 0.403 bits per heavy atom. The monoisotopic (exact) mass is 1140 g/mol. The summed E-state index contributed by atoms with van der Waals surface area (Å²) in [5, 5.41) is 15.0. The molecule has 396 valence electrons. The Labute approximate surface area is 458 Å². The van der Waals surface area contributed by atoms with E-state index in [0.29, 0.717) is 0 Å². The molecule has 4 heterocycles. The van der Waals surface area contributed by atoms with Crippen molar-refractivity contribution in [1.82, 2.24) is 18.3 Å². The van der Waals surface area contributed by atoms with Gasteiger partial charge in [0.25, 0.3) is 54.0 Å². The molecule has 0 aliphatic carbocycles. The van der Waals surface area contributed by atoms with Crippen molar-refractivity contribution in [3.8, 4) is 0 Å². The third-order valence-electron chi connectivity index (χ3n) is 11.5. The van der Waals surface area contributed by atoms with Crippen LogP contribution in [0.25, 0.3) is 21.5 Å². The predicted molar refractivity (Wildman–Crippen MR) is 271 cm³/mol. The zero-order valence-electron chi connectivity index (χ0n) is 40.4. The van der Waals surface area contributed by atoms with Crippen molar-refractivity contribution in [2.45, 2.75) is 19.6 Å². The first-order valence-electron chi connectivity index (χ1n) is 21.4. The summed E-state index contributed by atoms with van der Waals surface area (Å²) in [7, 11) is -13.5. The predicted octanol–water partition coefficient (Wildman–Crippen LogP) is 1.65. The smallest absolute Gasteiger partial charge is 0.744 e. The van der Waals surface area contributed by atoms with Crippen molar-refractivity contribution in [2.24, 2.45) is 28.2 Å². The van der Waals surface area contributed by atoms with Gasteiger partial charge in [-0.25, -0.2) is 13.2 Å². The summed E-state index contributed by atoms with van der Waals surface area (Å²) in [6.45, 7) is 0. The van der Waals surface area contributed by atoms with E-state index in [2.05, 4.69) is 31.9 Å². The van der Waals surface area contributed by atoms with Crippen molar-refractivity contribution in [3.05, 3.63) is 132 Å². The third kappa shape index (κ3) is 12.3. The van der Waals surface area contributed by atoms with Crippen LogP contribution in [0.5, 0.6) is 0 Å². The zero-order chi connectivity index (χ0) is 55.6. The zero-order valence-corrected chi connectivity index (χ0v) is 45.6. The van der Waals surface area contributed by atoms with Gasteiger partial charge in [-0.2, -0.15) is 25.3 Å². The largest absolute Gasteiger partial charge is 1.00 e. The van der Waals surface area contributed by atoms with E-state index in [1.165, 1.54) is 102 Å². The molecule has 8 aromatic rings. The quantitative estimate of drug-likeness (QED) is 0.0552. The topological polar surface area (TPSA) is 398 Å². The van der Waals surface area contributed by atoms with Crippen LogP contribution in [0.2, 0.25) is 0 Å². The number of anilines is 6. The molecule has 0 fully saturated rings. The van der Waals surface area contributed by atoms with Crippen LogP contribution in [0.3, 0.4) is 0 Å². The molecular weight excluding hydrogens is 1100 g/mol. The number of nitrogens with one attached hydrogen (secondary N) is 6. The van der Waals surface area contributed by atoms with E-state index in [4.69, 9.17) is 0 Å². The van der Waals surface area contributed by atoms with Crippen molar-refractivity contribution >= 4 is 126 Å². The minimum absolute atomic E-state index is 0. The molecule has 0 unspecified atom stereocenters. The number of benzene rings is 4. The molecule has 77 heavy (non-hydrogen) atoms. The summed E-state index contributed by atoms with van der Waals surface area (Å²) < 4.78 is 141. The van der Waals surface area contributed by atoms with Crippen molar-refractivity contribution in [3.63, 3.8) is 0 Å². The first kappa shape index (κ1) is 57.0. The van der Waals surface area contributed by atoms with Gasteiger partial charge in [0.1, 0.15) is 42.7 Å². The summed E-state index contributed by atoms with van der Waals surface area (Å²) in [5.41, 5.74) is 0.809. The summed E-state index contributed by atoms with van der Waals surface area (Å²) in [6.07, 6.45) is 5.71. The van der Waals surface area contributed by atoms with Crippen LogP contribution in [-0.4, -0.2) is 99.8 Å². The molecule has 0 aliphatic heterocycles. The number of hydrogen-bond acceptors (Lipinski definition) is 14. The van der Waals surface area contributed by atoms with E-state index < -0.39 is 89.7 Å². The van der Waals surface area contributed by atoms with E-state index in [9.17, 15) is 75.9 Å². The van der Waals surface area contributed by atoms with Gasteiger partial charge in [0.05, 0.1) is 32.5 Å². The van der Waals surface area contributed by atoms with E-state index in [-0.39, 0.29) is 108 Å². The Hall–Kier alpha value is -7.69. The van der Waals surface area contributed by atoms with Gasteiger partial charge in [-0.3, -0.25) is 32.8 Å². The van der Waals surface area contributed by atoms with Gasteiger partial charge in [0.2, 0.25) is 0 Å². The number of aryl methyl sites for hydroxylation is 4. The number of urea groups is 1. The van der Waals surface area contributed by atoms with Gasteiger partial charge in [-0.1, -0.05) is 12.1 Å². The number of fused-ring (bicyclic) bond motifs is 2. The second kappa shape index (κ2) is 21.0. The molecule has 9 N–H and O–H groups in total. The Bertz CT molecular complexity index is 4030. The standard InChI is InChI=1S/C45H40N10O17S4.Na/c1-52-19-23(13-37(52)43(58)50-33-9-11-39(75(67,68)69)31-17-27(73(61,62)63)5-7-29(31)33)46-41(56)35-15-25(21-54(35)3)48-45(60)49-26-16-36(55(4)22-26)42(57)47-24-14-38(53(2)20-24)44(59)51-34-10-12-40(76(70,71)72)32-18-28(74(64,65)66)6-8-30(32)34;/h5-22H,1-4H3,(H,46,56)(H,47,57)(H,50,58)(H,51,59)(H2,48,49,60)(H,61,62,63)(H,64,65,66)(H,67,68,69)(H,70,71,72);/q;+1/p-1. The summed E-state index contributed by atoms with van der Waals surface area (Å²) in [4.78, 5) is 64.1. The fourth-order valence-corrected chi connectivity index (χ4v) is 10.5. The van der Waals surface area contributed by atoms with Gasteiger partial charge >= 0.3 is 35.6 Å². The Balaban J connectivity index is 0.00000861. The molecule has 6 amide bonds. The summed E-state index contributed by atoms with van der Waals surface area (Å²) >= 11 is 0. The first-order valence-corrected chi connectivity index (χ1v) is 27.1. The van der Waals surface area contributed by atoms with Crippen LogP contribution < -0.4 is 61.5 Å². The fraction of sp³-hybridized carbons (Fsp3) is 0.0889. The minimum Gasteiger partial charge on any atom is -0.744 e. The first-order chi connectivity index (χ1) is 35.3. The Kier molecular flexibility index (Phi) is 15.6. The second-order valence-corrected chi connectivity index (χ2v) is 22.4. The van der Waals surface area contributed by atoms with Crippen molar-refractivity contribution in [2.75, 3.05) is 31.9 Å². The second-order valence-electron chi connectivity index (χ2n) is 16.8. The molecule has 0 aliphatic rings. The van der Waals surface area contributed by atoms with E-state index >= 15 is 0 Å². The average Bonchev–Trinajstić information content (AvgIpc) is 4.08. The van der Waals surface area contributed by atoms with Crippen LogP contribution >= 0.6 is 0 Å². The van der Waals surface area contributed by atoms with Crippen molar-refractivity contribution in [1.29, 1.82) is 0 Å². The summed E-state index contributed by atoms with van der Waals surface area (Å²) in [6, 6.07) is 14.5. The Morgan fingerprint density at radius 2 is 0.714 bits per heavy atom. The molecule has 27 nitrogen and oxygen atoms in total. The summed E-state index contributed by atoms with van der Waals surface area (Å²) in [5.74, 6) is -2.81. The third-order valence-corrected chi connectivity index (χ3v) is 15.0. The number of carbonyl (C=O) groups excluding carboxylic acids is 5. The molecule has 4 aromatic carbocycles. The van der Waals surface area contributed by atoms with Gasteiger partial charge in [0.15, 0.2) is 0 Å². The maximum atomic E-state index is 13.5. The number of nitrogens with zero attached hydrogens (tertiary/aromatic N) is 4. The Morgan fingerprint density at radius 3 is 1.04 bits per heavy atom. The van der Waals surface area contributed by atoms with Crippen LogP contribution in [0, 0.1) is 0 Å². The molecule has 8 rings (SSSR count). The van der Waals surface area contributed by atoms with Crippen LogP contribution in [0.4, 0.5) is 38.9 Å². The molecule has 0 saturated heterocycles. The molecular formula is C45H39N10NaO17S4. The fourth-order valence-electron chi connectivity index (χ4n) is 8.08. The van der Waals surface area contributed by atoms with Gasteiger partial charge in [-0.15, -0.1) is 0 Å². The minimum atomic E-state index is -5.03. The van der Waals surface area contributed by atoms with Gasteiger partial charge in [0, 0.05) is 85.9 Å². The molecule has 0 bridgehead atoms. The SMILES string of the molecule is Cn1cc(NC(=O)Nc2cc(C(=O)Nc3cc(C(=O)Nc4ccc(S(=O)(=O)O)c5cc(S(=O)(=O)O)ccc45)n(C)c3)n(C)c2)cc1C(=O)Nc1cc(C(=O)Nc2ccc(S(=O)(=O)O)c3cc(S(=O)(=O)[O-])ccc23)n(C)c1.[Na+]. The molecule has 32 heteroatoms. The van der Waals surface area contributed by atoms with Crippen LogP contribution in [-0.2, 0) is 68.7 Å². The molecule has 4 aromatic heterocycles. The number of hydrogen-bond donors (Lipinski definition) is 9. The number of amides is 6. The number of aromatic nitrogens is 4. The molecule has 0 radical (unpaired) electrons. The van der Waals surface area contributed by atoms with Gasteiger partial charge < -0.3 is 54.7 Å². The van der Waals surface area contributed by atoms with Crippen LogP contribution in [0.15, 0.2) is 129 Å². The normalized spacial score (nSPS) is 11.9. The van der Waals surface area contributed by atoms with E-state index in [1.54, 1.807) is 0 Å². The van der Waals surface area contributed by atoms with Gasteiger partial charge in [-0.05, 0) is 72.8 Å². The maximum absolute atomic E-state index is 13.5. The van der Waals surface area contributed by atoms with E-state index in [0.717, 1.165) is 54.6 Å². The average molecular weight is 1140 g/mol. The maximum Gasteiger partial charge on any atom is 1.00 e. The van der Waals surface area contributed by atoms with E-state index in [1.807, 2.05) is 0 Å². The number of carbonyl (C=O) groups is 5. The molecule has 0 saturated carbocycles. The molecule has 0 atom stereocenters. The van der Waals surface area contributed by atoms with Crippen molar-refractivity contribution < 1.29 is 105 Å².